The number of Topliss-reactive ketones (excluding diaryl/α,β-unsaturated/α-hetero) is 1. The Labute approximate surface area is 480 Å². The lowest BCUT2D eigenvalue weighted by Gasteiger charge is -2.37. The maximum Gasteiger partial charge on any atom is 0.253 e. The Kier molecular flexibility index (Phi) is 23.2. The first-order chi connectivity index (χ1) is 38.9. The predicted octanol–water partition coefficient (Wildman–Crippen LogP) is 7.58. The molecule has 1 saturated heterocycles. The number of thiazole rings is 1. The molecule has 3 heterocycles. The molecule has 1 saturated carbocycles. The van der Waals surface area contributed by atoms with Gasteiger partial charge in [0.15, 0.2) is 5.78 Å². The Hall–Kier alpha value is -6.32. The maximum atomic E-state index is 14.1. The zero-order valence-electron chi connectivity index (χ0n) is 48.3. The van der Waals surface area contributed by atoms with Gasteiger partial charge >= 0.3 is 0 Å². The number of amides is 3. The molecule has 18 nitrogen and oxygen atoms in total. The van der Waals surface area contributed by atoms with Crippen LogP contribution in [0.2, 0.25) is 0 Å². The van der Waals surface area contributed by atoms with Crippen molar-refractivity contribution in [1.82, 2.24) is 25.9 Å². The van der Waals surface area contributed by atoms with Crippen LogP contribution in [0.1, 0.15) is 97.4 Å². The summed E-state index contributed by atoms with van der Waals surface area (Å²) in [5.74, 6) is -2.11. The molecular formula is C62H82N6O12S. The number of aliphatic hydroxyl groups is 1. The number of aliphatic hydroxyl groups excluding tert-OH is 1. The average molecular weight is 1140 g/mol. The standard InChI is InChI=1S/C62H82N6O12S/c1-9-68(47-18-20-75-21-19-47)54-32-46(31-50(41(54)4)59(72)64-36-53-39(2)30-40(3)66-61(53)74)44-14-16-49(17-15-44)80-29-28-78-25-24-76-22-23-77-26-27-79-37-55(70)67-58(62(6,7)8)56(71)51-33-48(69)34-52(51)60(73)63-35-43-10-12-45(13-11-43)57-42(5)65-38-81-57/h10-17,30-32,38,47-48,51-52,58,69H,9,18-29,33-37H2,1-8H3,(H,63,73)(H,64,72)(H,66,74)(H,67,70)/t48-,51?,52+,58?/m0/s1. The van der Waals surface area contributed by atoms with Crippen LogP contribution in [-0.2, 0) is 51.2 Å². The Balaban J connectivity index is 0.772. The number of pyridine rings is 1. The van der Waals surface area contributed by atoms with Gasteiger partial charge in [-0.1, -0.05) is 57.2 Å². The molecule has 2 unspecified atom stereocenters. The molecule has 1 aliphatic heterocycles. The molecule has 3 aromatic carbocycles. The molecule has 0 bridgehead atoms. The zero-order chi connectivity index (χ0) is 58.1. The zero-order valence-corrected chi connectivity index (χ0v) is 49.1. The number of aryl methyl sites for hydroxylation is 3. The first-order valence-corrected chi connectivity index (χ1v) is 29.1. The average Bonchev–Trinajstić information content (AvgIpc) is 4.07. The van der Waals surface area contributed by atoms with E-state index in [1.807, 2.05) is 115 Å². The summed E-state index contributed by atoms with van der Waals surface area (Å²) in [6, 6.07) is 21.0. The first kappa shape index (κ1) is 62.3. The van der Waals surface area contributed by atoms with Crippen LogP contribution in [0.4, 0.5) is 5.69 Å². The van der Waals surface area contributed by atoms with E-state index in [0.717, 1.165) is 74.7 Å². The molecular weight excluding hydrogens is 1050 g/mol. The lowest BCUT2D eigenvalue weighted by molar-refractivity contribution is -0.138. The Morgan fingerprint density at radius 3 is 2.04 bits per heavy atom. The molecule has 438 valence electrons. The highest BCUT2D eigenvalue weighted by molar-refractivity contribution is 7.13. The molecule has 1 aliphatic carbocycles. The quantitative estimate of drug-likeness (QED) is 0.0291. The first-order valence-electron chi connectivity index (χ1n) is 28.2. The number of aromatic amines is 1. The number of hydrogen-bond donors (Lipinski definition) is 5. The van der Waals surface area contributed by atoms with Gasteiger partial charge in [0.2, 0.25) is 11.8 Å². The summed E-state index contributed by atoms with van der Waals surface area (Å²) >= 11 is 1.57. The molecule has 2 aromatic heterocycles. The van der Waals surface area contributed by atoms with Crippen molar-refractivity contribution in [2.24, 2.45) is 17.3 Å². The smallest absolute Gasteiger partial charge is 0.253 e. The van der Waals surface area contributed by atoms with E-state index in [1.165, 1.54) is 0 Å². The number of carbonyl (C=O) groups is 4. The normalized spacial score (nSPS) is 16.9. The lowest BCUT2D eigenvalue weighted by Crippen LogP contribution is -2.53. The van der Waals surface area contributed by atoms with E-state index >= 15 is 0 Å². The summed E-state index contributed by atoms with van der Waals surface area (Å²) in [6.45, 7) is 20.1. The van der Waals surface area contributed by atoms with Gasteiger partial charge in [-0.25, -0.2) is 4.98 Å². The summed E-state index contributed by atoms with van der Waals surface area (Å²) in [6.07, 6.45) is 1.30. The van der Waals surface area contributed by atoms with Crippen LogP contribution < -0.4 is 31.1 Å². The number of rotatable bonds is 29. The summed E-state index contributed by atoms with van der Waals surface area (Å²) in [5.41, 5.74) is 10.2. The van der Waals surface area contributed by atoms with Crippen molar-refractivity contribution in [3.05, 3.63) is 122 Å². The van der Waals surface area contributed by atoms with Gasteiger partial charge in [0.25, 0.3) is 11.5 Å². The fourth-order valence-electron chi connectivity index (χ4n) is 10.6. The van der Waals surface area contributed by atoms with Gasteiger partial charge in [0.05, 0.1) is 80.4 Å². The highest BCUT2D eigenvalue weighted by Gasteiger charge is 2.47. The van der Waals surface area contributed by atoms with Gasteiger partial charge in [-0.05, 0) is 129 Å². The molecule has 5 N–H and O–H groups in total. The number of ketones is 1. The minimum atomic E-state index is -0.903. The van der Waals surface area contributed by atoms with Crippen LogP contribution in [0, 0.1) is 44.9 Å². The number of anilines is 1. The molecule has 4 atom stereocenters. The molecule has 5 aromatic rings. The fourth-order valence-corrected chi connectivity index (χ4v) is 11.4. The number of nitrogens with zero attached hydrogens (tertiary/aromatic N) is 2. The Morgan fingerprint density at radius 1 is 0.790 bits per heavy atom. The second-order valence-electron chi connectivity index (χ2n) is 22.0. The molecule has 7 rings (SSSR count). The summed E-state index contributed by atoms with van der Waals surface area (Å²) in [4.78, 5) is 77.9. The third-order valence-electron chi connectivity index (χ3n) is 15.0. The number of benzene rings is 3. The predicted molar refractivity (Wildman–Crippen MR) is 313 cm³/mol. The van der Waals surface area contributed by atoms with Crippen molar-refractivity contribution in [3.63, 3.8) is 0 Å². The summed E-state index contributed by atoms with van der Waals surface area (Å²) < 4.78 is 34.2. The second kappa shape index (κ2) is 30.1. The van der Waals surface area contributed by atoms with Gasteiger partial charge in [-0.2, -0.15) is 0 Å². The van der Waals surface area contributed by atoms with E-state index in [9.17, 15) is 29.1 Å². The minimum absolute atomic E-state index is 0.111. The number of ether oxygens (including phenoxy) is 6. The summed E-state index contributed by atoms with van der Waals surface area (Å²) in [7, 11) is 0. The lowest BCUT2D eigenvalue weighted by atomic mass is 9.77. The van der Waals surface area contributed by atoms with E-state index in [4.69, 9.17) is 28.4 Å². The number of hydrogen-bond acceptors (Lipinski definition) is 15. The van der Waals surface area contributed by atoms with E-state index in [0.29, 0.717) is 69.7 Å². The highest BCUT2D eigenvalue weighted by Crippen LogP contribution is 2.38. The second-order valence-corrected chi connectivity index (χ2v) is 22.8. The van der Waals surface area contributed by atoms with Crippen LogP contribution in [0.5, 0.6) is 5.75 Å². The van der Waals surface area contributed by atoms with E-state index < -0.39 is 35.3 Å². The van der Waals surface area contributed by atoms with Gasteiger partial charge < -0.3 is 59.4 Å². The topological polar surface area (TPSA) is 229 Å². The number of carbonyl (C=O) groups excluding carboxylic acids is 4. The molecule has 2 fully saturated rings. The van der Waals surface area contributed by atoms with Crippen molar-refractivity contribution in [1.29, 1.82) is 0 Å². The molecule has 0 spiro atoms. The van der Waals surface area contributed by atoms with Gasteiger partial charge in [-0.3, -0.25) is 24.0 Å². The third-order valence-corrected chi connectivity index (χ3v) is 16.0. The monoisotopic (exact) mass is 1130 g/mol. The minimum Gasteiger partial charge on any atom is -0.491 e. The molecule has 2 aliphatic rings. The van der Waals surface area contributed by atoms with Crippen LogP contribution in [0.3, 0.4) is 0 Å². The number of nitrogens with one attached hydrogen (secondary N) is 4. The number of H-pyrrole nitrogens is 1. The SMILES string of the molecule is CCN(c1cc(-c2ccc(OCCOCCOCCOCCOCC(=O)NC(C(=O)C3C[C@H](O)C[C@H]3C(=O)NCc3ccc(-c4scnc4C)cc3)C(C)(C)C)cc2)cc(C(=O)NCc2c(C)cc(C)[nH]c2=O)c1C)C1CCOCC1. The van der Waals surface area contributed by atoms with Crippen molar-refractivity contribution in [2.45, 2.75) is 112 Å². The molecule has 0 radical (unpaired) electrons. The Morgan fingerprint density at radius 2 is 1.42 bits per heavy atom. The van der Waals surface area contributed by atoms with Crippen LogP contribution in [0.25, 0.3) is 21.6 Å². The van der Waals surface area contributed by atoms with Crippen LogP contribution in [0.15, 0.2) is 77.0 Å². The van der Waals surface area contributed by atoms with Gasteiger partial charge in [0, 0.05) is 67.3 Å². The molecule has 19 heteroatoms. The van der Waals surface area contributed by atoms with Gasteiger partial charge in [-0.15, -0.1) is 11.3 Å². The Bertz CT molecular complexity index is 2930. The largest absolute Gasteiger partial charge is 0.491 e. The summed E-state index contributed by atoms with van der Waals surface area (Å²) in [5, 5.41) is 19.4. The van der Waals surface area contributed by atoms with E-state index in [2.05, 4.69) is 43.8 Å². The van der Waals surface area contributed by atoms with Crippen molar-refractivity contribution in [3.8, 4) is 27.3 Å². The van der Waals surface area contributed by atoms with Crippen molar-refractivity contribution in [2.75, 3.05) is 84.1 Å². The van der Waals surface area contributed by atoms with E-state index in [1.54, 1.807) is 11.3 Å². The molecule has 3 amide bonds. The maximum absolute atomic E-state index is 14.1. The van der Waals surface area contributed by atoms with Crippen molar-refractivity contribution >= 4 is 40.5 Å². The van der Waals surface area contributed by atoms with Crippen LogP contribution >= 0.6 is 11.3 Å². The van der Waals surface area contributed by atoms with Crippen LogP contribution in [-0.4, -0.2) is 136 Å². The fraction of sp³-hybridized carbons (Fsp3) is 0.516. The third kappa shape index (κ3) is 17.6. The molecule has 81 heavy (non-hydrogen) atoms. The van der Waals surface area contributed by atoms with Crippen molar-refractivity contribution < 1.29 is 52.7 Å². The van der Waals surface area contributed by atoms with E-state index in [-0.39, 0.29) is 75.0 Å². The highest BCUT2D eigenvalue weighted by atomic mass is 32.1. The number of aromatic nitrogens is 2. The van der Waals surface area contributed by atoms with Gasteiger partial charge in [0.1, 0.15) is 19.0 Å².